The lowest BCUT2D eigenvalue weighted by Gasteiger charge is -2.36. The van der Waals surface area contributed by atoms with Gasteiger partial charge in [0.1, 0.15) is 5.60 Å². The van der Waals surface area contributed by atoms with Gasteiger partial charge in [-0.05, 0) is 38.8 Å². The van der Waals surface area contributed by atoms with Crippen LogP contribution in [0.4, 0.5) is 4.79 Å². The third-order valence-electron chi connectivity index (χ3n) is 5.13. The largest absolute Gasteiger partial charge is 0.469 e. The second-order valence-electron chi connectivity index (χ2n) is 8.67. The van der Waals surface area contributed by atoms with Crippen molar-refractivity contribution in [2.75, 3.05) is 13.7 Å². The quantitative estimate of drug-likeness (QED) is 0.517. The summed E-state index contributed by atoms with van der Waals surface area (Å²) in [6.07, 6.45) is 1.79. The van der Waals surface area contributed by atoms with E-state index in [0.29, 0.717) is 13.0 Å². The topological polar surface area (TPSA) is 122 Å². The molecule has 1 saturated heterocycles. The third-order valence-corrected chi connectivity index (χ3v) is 5.13. The minimum Gasteiger partial charge on any atom is -0.469 e. The van der Waals surface area contributed by atoms with E-state index in [-0.39, 0.29) is 18.4 Å². The second-order valence-corrected chi connectivity index (χ2v) is 8.67. The smallest absolute Gasteiger partial charge is 0.407 e. The molecule has 31 heavy (non-hydrogen) atoms. The average molecular weight is 431 g/mol. The monoisotopic (exact) mass is 430 g/mol. The first kappa shape index (κ1) is 22.6. The normalized spacial score (nSPS) is 20.1. The summed E-state index contributed by atoms with van der Waals surface area (Å²) in [6, 6.07) is 6.47. The molecule has 1 aliphatic rings. The molecule has 9 heteroatoms. The van der Waals surface area contributed by atoms with Crippen molar-refractivity contribution < 1.29 is 23.9 Å². The maximum absolute atomic E-state index is 12.5. The van der Waals surface area contributed by atoms with Gasteiger partial charge < -0.3 is 25.1 Å². The van der Waals surface area contributed by atoms with Crippen LogP contribution >= 0.6 is 0 Å². The summed E-state index contributed by atoms with van der Waals surface area (Å²) in [5.41, 5.74) is 1.39. The Kier molecular flexibility index (Phi) is 6.84. The summed E-state index contributed by atoms with van der Waals surface area (Å²) < 4.78 is 10.1. The first-order chi connectivity index (χ1) is 14.7. The molecule has 4 N–H and O–H groups in total. The fourth-order valence-corrected chi connectivity index (χ4v) is 3.68. The number of aromatic nitrogens is 1. The molecule has 0 spiro atoms. The van der Waals surface area contributed by atoms with E-state index in [1.54, 1.807) is 20.8 Å². The summed E-state index contributed by atoms with van der Waals surface area (Å²) in [5, 5.41) is 10.0. The van der Waals surface area contributed by atoms with Crippen LogP contribution in [0, 0.1) is 0 Å². The van der Waals surface area contributed by atoms with Crippen LogP contribution in [-0.4, -0.2) is 60.3 Å². The van der Waals surface area contributed by atoms with E-state index in [9.17, 15) is 14.4 Å². The van der Waals surface area contributed by atoms with Crippen molar-refractivity contribution in [1.29, 1.82) is 0 Å². The SMILES string of the molecule is COC(=O)C[C@@H]1N[C@@H]([C@@H](Cc2c[nH]c3ccccc23)NC(=O)OC(C)(C)C)CNC1=O. The number of carbonyl (C=O) groups is 3. The van der Waals surface area contributed by atoms with Crippen molar-refractivity contribution in [2.45, 2.75) is 57.3 Å². The van der Waals surface area contributed by atoms with Crippen LogP contribution in [0.5, 0.6) is 0 Å². The van der Waals surface area contributed by atoms with Crippen LogP contribution in [-0.2, 0) is 25.5 Å². The van der Waals surface area contributed by atoms with Gasteiger partial charge in [0.25, 0.3) is 0 Å². The summed E-state index contributed by atoms with van der Waals surface area (Å²) in [7, 11) is 1.28. The Labute approximate surface area is 181 Å². The number of methoxy groups -OCH3 is 1. The van der Waals surface area contributed by atoms with E-state index in [1.807, 2.05) is 30.5 Å². The number of nitrogens with one attached hydrogen (secondary N) is 4. The van der Waals surface area contributed by atoms with E-state index >= 15 is 0 Å². The van der Waals surface area contributed by atoms with E-state index in [2.05, 4.69) is 20.9 Å². The Morgan fingerprint density at radius 1 is 1.26 bits per heavy atom. The van der Waals surface area contributed by atoms with E-state index < -0.39 is 29.7 Å². The molecule has 0 unspecified atom stereocenters. The third kappa shape index (κ3) is 5.97. The molecule has 1 aliphatic heterocycles. The summed E-state index contributed by atoms with van der Waals surface area (Å²) in [4.78, 5) is 39.7. The number of para-hydroxylation sites is 1. The number of rotatable bonds is 6. The lowest BCUT2D eigenvalue weighted by molar-refractivity contribution is -0.143. The molecule has 2 aromatic rings. The number of carbonyl (C=O) groups excluding carboxylic acids is 3. The summed E-state index contributed by atoms with van der Waals surface area (Å²) in [6.45, 7) is 5.70. The highest BCUT2D eigenvalue weighted by atomic mass is 16.6. The van der Waals surface area contributed by atoms with Crippen LogP contribution in [0.1, 0.15) is 32.8 Å². The molecule has 2 heterocycles. The lowest BCUT2D eigenvalue weighted by Crippen LogP contribution is -2.65. The molecular formula is C22H30N4O5. The number of amides is 2. The van der Waals surface area contributed by atoms with Crippen LogP contribution in [0.2, 0.25) is 0 Å². The molecule has 0 aliphatic carbocycles. The second kappa shape index (κ2) is 9.38. The standard InChI is InChI=1S/C22H30N4O5/c1-22(2,3)31-21(29)26-16(9-13-11-23-15-8-6-5-7-14(13)15)18-12-24-20(28)17(25-18)10-19(27)30-4/h5-8,11,16-18,23,25H,9-10,12H2,1-4H3,(H,24,28)(H,26,29)/t16-,17+,18-/m1/s1. The van der Waals surface area contributed by atoms with Crippen LogP contribution < -0.4 is 16.0 Å². The lowest BCUT2D eigenvalue weighted by atomic mass is 9.95. The molecule has 0 radical (unpaired) electrons. The van der Waals surface area contributed by atoms with E-state index in [4.69, 9.17) is 9.47 Å². The van der Waals surface area contributed by atoms with Gasteiger partial charge in [-0.15, -0.1) is 0 Å². The number of hydrogen-bond acceptors (Lipinski definition) is 6. The highest BCUT2D eigenvalue weighted by Gasteiger charge is 2.35. The maximum atomic E-state index is 12.5. The highest BCUT2D eigenvalue weighted by Crippen LogP contribution is 2.21. The van der Waals surface area contributed by atoms with Crippen molar-refractivity contribution in [2.24, 2.45) is 0 Å². The molecule has 0 bridgehead atoms. The van der Waals surface area contributed by atoms with Gasteiger partial charge in [-0.1, -0.05) is 18.2 Å². The number of hydrogen-bond donors (Lipinski definition) is 4. The van der Waals surface area contributed by atoms with Crippen LogP contribution in [0.25, 0.3) is 10.9 Å². The molecule has 2 amide bonds. The number of alkyl carbamates (subject to hydrolysis) is 1. The fourth-order valence-electron chi connectivity index (χ4n) is 3.68. The summed E-state index contributed by atoms with van der Waals surface area (Å²) in [5.74, 6) is -0.758. The van der Waals surface area contributed by atoms with Crippen LogP contribution in [0.15, 0.2) is 30.5 Å². The first-order valence-corrected chi connectivity index (χ1v) is 10.3. The minimum atomic E-state index is -0.739. The number of benzene rings is 1. The van der Waals surface area contributed by atoms with Crippen LogP contribution in [0.3, 0.4) is 0 Å². The van der Waals surface area contributed by atoms with Crippen molar-refractivity contribution in [3.63, 3.8) is 0 Å². The van der Waals surface area contributed by atoms with E-state index in [0.717, 1.165) is 16.5 Å². The molecule has 3 atom stereocenters. The Morgan fingerprint density at radius 3 is 2.71 bits per heavy atom. The van der Waals surface area contributed by atoms with Gasteiger partial charge in [0.2, 0.25) is 5.91 Å². The van der Waals surface area contributed by atoms with E-state index in [1.165, 1.54) is 7.11 Å². The molecule has 3 rings (SSSR count). The molecule has 1 aromatic heterocycles. The average Bonchev–Trinajstić information content (AvgIpc) is 3.10. The number of fused-ring (bicyclic) bond motifs is 1. The van der Waals surface area contributed by atoms with Gasteiger partial charge in [0.15, 0.2) is 0 Å². The highest BCUT2D eigenvalue weighted by molar-refractivity contribution is 5.87. The molecular weight excluding hydrogens is 400 g/mol. The van der Waals surface area contributed by atoms with Crippen molar-refractivity contribution in [3.8, 4) is 0 Å². The van der Waals surface area contributed by atoms with Gasteiger partial charge >= 0.3 is 12.1 Å². The van der Waals surface area contributed by atoms with Gasteiger partial charge in [0, 0.05) is 29.7 Å². The minimum absolute atomic E-state index is 0.0922. The Balaban J connectivity index is 1.81. The fraction of sp³-hybridized carbons (Fsp3) is 0.500. The predicted octanol–water partition coefficient (Wildman–Crippen LogP) is 1.62. The molecule has 9 nitrogen and oxygen atoms in total. The van der Waals surface area contributed by atoms with Gasteiger partial charge in [-0.2, -0.15) is 0 Å². The zero-order chi connectivity index (χ0) is 22.6. The Hall–Kier alpha value is -3.07. The van der Waals surface area contributed by atoms with Crippen molar-refractivity contribution in [3.05, 3.63) is 36.0 Å². The molecule has 1 fully saturated rings. The number of esters is 1. The maximum Gasteiger partial charge on any atom is 0.407 e. The number of piperazine rings is 1. The first-order valence-electron chi connectivity index (χ1n) is 10.3. The molecule has 1 aromatic carbocycles. The number of aromatic amines is 1. The zero-order valence-corrected chi connectivity index (χ0v) is 18.3. The molecule has 168 valence electrons. The van der Waals surface area contributed by atoms with Crippen molar-refractivity contribution in [1.82, 2.24) is 20.9 Å². The predicted molar refractivity (Wildman–Crippen MR) is 116 cm³/mol. The number of ether oxygens (including phenoxy) is 2. The van der Waals surface area contributed by atoms with Gasteiger partial charge in [-0.3, -0.25) is 14.9 Å². The van der Waals surface area contributed by atoms with Gasteiger partial charge in [-0.25, -0.2) is 4.79 Å². The number of H-pyrrole nitrogens is 1. The van der Waals surface area contributed by atoms with Gasteiger partial charge in [0.05, 0.1) is 25.6 Å². The summed E-state index contributed by atoms with van der Waals surface area (Å²) >= 11 is 0. The Morgan fingerprint density at radius 2 is 2.00 bits per heavy atom. The zero-order valence-electron chi connectivity index (χ0n) is 18.3. The Bertz CT molecular complexity index is 949. The molecule has 0 saturated carbocycles. The van der Waals surface area contributed by atoms with Crippen molar-refractivity contribution >= 4 is 28.9 Å².